The van der Waals surface area contributed by atoms with Crippen molar-refractivity contribution in [2.24, 2.45) is 0 Å². The number of amides is 2. The van der Waals surface area contributed by atoms with Gasteiger partial charge in [0.2, 0.25) is 11.8 Å². The van der Waals surface area contributed by atoms with E-state index in [-0.39, 0.29) is 17.9 Å². The van der Waals surface area contributed by atoms with Gasteiger partial charge in [0.15, 0.2) is 0 Å². The van der Waals surface area contributed by atoms with Gasteiger partial charge in [0.25, 0.3) is 0 Å². The first-order chi connectivity index (χ1) is 7.20. The monoisotopic (exact) mass is 230 g/mol. The van der Waals surface area contributed by atoms with E-state index in [0.717, 1.165) is 18.6 Å². The molecule has 1 saturated heterocycles. The Morgan fingerprint density at radius 1 is 1.53 bits per heavy atom. The van der Waals surface area contributed by atoms with Crippen molar-refractivity contribution in [1.82, 2.24) is 10.2 Å². The highest BCUT2D eigenvalue weighted by Gasteiger charge is 2.31. The first-order valence-electron chi connectivity index (χ1n) is 5.27. The minimum Gasteiger partial charge on any atom is -0.297 e. The average molecular weight is 230 g/mol. The number of hydrogen-bond donors (Lipinski definition) is 1. The van der Waals surface area contributed by atoms with Crippen LogP contribution in [-0.4, -0.2) is 47.9 Å². The third-order valence-electron chi connectivity index (χ3n) is 2.50. The molecule has 5 heteroatoms. The zero-order valence-electron chi connectivity index (χ0n) is 9.28. The molecule has 1 fully saturated rings. The van der Waals surface area contributed by atoms with Gasteiger partial charge < -0.3 is 0 Å². The van der Waals surface area contributed by atoms with Crippen molar-refractivity contribution < 1.29 is 9.59 Å². The molecule has 0 spiro atoms. The van der Waals surface area contributed by atoms with Crippen LogP contribution in [0.15, 0.2) is 0 Å². The Kier molecular flexibility index (Phi) is 5.11. The molecule has 15 heavy (non-hydrogen) atoms. The van der Waals surface area contributed by atoms with Crippen LogP contribution >= 0.6 is 11.8 Å². The van der Waals surface area contributed by atoms with Crippen LogP contribution in [0.2, 0.25) is 0 Å². The van der Waals surface area contributed by atoms with Crippen molar-refractivity contribution in [3.8, 4) is 0 Å². The summed E-state index contributed by atoms with van der Waals surface area (Å²) in [6.45, 7) is 2.81. The van der Waals surface area contributed by atoms with Crippen molar-refractivity contribution in [2.45, 2.75) is 25.8 Å². The zero-order chi connectivity index (χ0) is 11.3. The lowest BCUT2D eigenvalue weighted by atomic mass is 10.1. The second-order valence-electron chi connectivity index (χ2n) is 3.57. The third kappa shape index (κ3) is 3.21. The van der Waals surface area contributed by atoms with Gasteiger partial charge in [0.05, 0.1) is 12.6 Å². The van der Waals surface area contributed by atoms with E-state index in [1.807, 2.05) is 13.2 Å². The summed E-state index contributed by atoms with van der Waals surface area (Å²) < 4.78 is 0. The number of nitrogens with one attached hydrogen (secondary N) is 1. The lowest BCUT2D eigenvalue weighted by Crippen LogP contribution is -2.58. The molecule has 0 radical (unpaired) electrons. The molecule has 4 nitrogen and oxygen atoms in total. The van der Waals surface area contributed by atoms with E-state index < -0.39 is 0 Å². The molecule has 1 rings (SSSR count). The van der Waals surface area contributed by atoms with Crippen molar-refractivity contribution in [3.05, 3.63) is 0 Å². The maximum absolute atomic E-state index is 11.8. The van der Waals surface area contributed by atoms with Gasteiger partial charge in [0.1, 0.15) is 0 Å². The lowest BCUT2D eigenvalue weighted by molar-refractivity contribution is -0.149. The van der Waals surface area contributed by atoms with Crippen molar-refractivity contribution in [1.29, 1.82) is 0 Å². The lowest BCUT2D eigenvalue weighted by Gasteiger charge is -2.30. The highest BCUT2D eigenvalue weighted by molar-refractivity contribution is 7.98. The first kappa shape index (κ1) is 12.5. The van der Waals surface area contributed by atoms with Crippen LogP contribution in [-0.2, 0) is 9.59 Å². The quantitative estimate of drug-likeness (QED) is 0.551. The Morgan fingerprint density at radius 3 is 2.87 bits per heavy atom. The Labute approximate surface area is 94.8 Å². The fraction of sp³-hybridized carbons (Fsp3) is 0.800. The van der Waals surface area contributed by atoms with Crippen LogP contribution in [0.3, 0.4) is 0 Å². The summed E-state index contributed by atoms with van der Waals surface area (Å²) in [7, 11) is 0. The summed E-state index contributed by atoms with van der Waals surface area (Å²) in [5, 5.41) is 2.94. The molecule has 0 aliphatic carbocycles. The highest BCUT2D eigenvalue weighted by Crippen LogP contribution is 2.07. The summed E-state index contributed by atoms with van der Waals surface area (Å²) >= 11 is 1.73. The van der Waals surface area contributed by atoms with Gasteiger partial charge in [-0.05, 0) is 24.9 Å². The minimum atomic E-state index is -0.169. The van der Waals surface area contributed by atoms with Crippen LogP contribution in [0.1, 0.15) is 19.8 Å². The van der Waals surface area contributed by atoms with Crippen LogP contribution in [0.4, 0.5) is 0 Å². The number of piperazine rings is 1. The largest absolute Gasteiger partial charge is 0.297 e. The van der Waals surface area contributed by atoms with Gasteiger partial charge in [-0.25, -0.2) is 0 Å². The molecule has 0 aromatic rings. The number of imide groups is 1. The van der Waals surface area contributed by atoms with Crippen molar-refractivity contribution in [3.63, 3.8) is 0 Å². The minimum absolute atomic E-state index is 0.0603. The van der Waals surface area contributed by atoms with E-state index in [1.54, 1.807) is 11.8 Å². The molecule has 0 aromatic heterocycles. The molecule has 86 valence electrons. The predicted octanol–water partition coefficient (Wildman–Crippen LogP) is 0.476. The first-order valence-corrected chi connectivity index (χ1v) is 6.66. The molecule has 0 aromatic carbocycles. The van der Waals surface area contributed by atoms with E-state index in [0.29, 0.717) is 13.1 Å². The number of carbonyl (C=O) groups excluding carboxylic acids is 2. The zero-order valence-corrected chi connectivity index (χ0v) is 10.1. The molecule has 1 unspecified atom stereocenters. The molecule has 1 N–H and O–H groups in total. The SMILES string of the molecule is CCC1NCC(=O)N(CCCSC)C1=O. The molecule has 1 aliphatic rings. The normalized spacial score (nSPS) is 22.3. The van der Waals surface area contributed by atoms with Gasteiger partial charge in [-0.3, -0.25) is 19.8 Å². The van der Waals surface area contributed by atoms with Crippen molar-refractivity contribution in [2.75, 3.05) is 25.1 Å². The number of nitrogens with zero attached hydrogens (tertiary/aromatic N) is 1. The summed E-state index contributed by atoms with van der Waals surface area (Å²) in [4.78, 5) is 24.7. The Balaban J connectivity index is 2.50. The predicted molar refractivity (Wildman–Crippen MR) is 61.8 cm³/mol. The van der Waals surface area contributed by atoms with Crippen LogP contribution < -0.4 is 5.32 Å². The van der Waals surface area contributed by atoms with Gasteiger partial charge in [-0.2, -0.15) is 11.8 Å². The number of rotatable bonds is 5. The molecule has 0 saturated carbocycles. The summed E-state index contributed by atoms with van der Waals surface area (Å²) in [6.07, 6.45) is 3.65. The molecule has 1 atom stereocenters. The van der Waals surface area contributed by atoms with Gasteiger partial charge >= 0.3 is 0 Å². The summed E-state index contributed by atoms with van der Waals surface area (Å²) in [6, 6.07) is -0.169. The fourth-order valence-corrected chi connectivity index (χ4v) is 2.04. The van der Waals surface area contributed by atoms with E-state index in [2.05, 4.69) is 5.32 Å². The summed E-state index contributed by atoms with van der Waals surface area (Å²) in [5.41, 5.74) is 0. The van der Waals surface area contributed by atoms with Crippen LogP contribution in [0.25, 0.3) is 0 Å². The second-order valence-corrected chi connectivity index (χ2v) is 4.56. The van der Waals surface area contributed by atoms with Gasteiger partial charge in [-0.1, -0.05) is 6.92 Å². The maximum Gasteiger partial charge on any atom is 0.246 e. The second kappa shape index (κ2) is 6.12. The van der Waals surface area contributed by atoms with E-state index in [9.17, 15) is 9.59 Å². The number of hydrogen-bond acceptors (Lipinski definition) is 4. The molecule has 2 amide bonds. The van der Waals surface area contributed by atoms with E-state index >= 15 is 0 Å². The third-order valence-corrected chi connectivity index (χ3v) is 3.20. The molecular weight excluding hydrogens is 212 g/mol. The molecule has 1 aliphatic heterocycles. The standard InChI is InChI=1S/C10H18N2O2S/c1-3-8-10(14)12(5-4-6-15-2)9(13)7-11-8/h8,11H,3-7H2,1-2H3. The van der Waals surface area contributed by atoms with E-state index in [4.69, 9.17) is 0 Å². The Hall–Kier alpha value is -0.550. The van der Waals surface area contributed by atoms with Crippen LogP contribution in [0, 0.1) is 0 Å². The number of thioether (sulfide) groups is 1. The van der Waals surface area contributed by atoms with Gasteiger partial charge in [0, 0.05) is 6.54 Å². The number of carbonyl (C=O) groups is 2. The fourth-order valence-electron chi connectivity index (χ4n) is 1.63. The maximum atomic E-state index is 11.8. The van der Waals surface area contributed by atoms with Gasteiger partial charge in [-0.15, -0.1) is 0 Å². The smallest absolute Gasteiger partial charge is 0.246 e. The Morgan fingerprint density at radius 2 is 2.27 bits per heavy atom. The van der Waals surface area contributed by atoms with E-state index in [1.165, 1.54) is 4.90 Å². The molecule has 0 bridgehead atoms. The Bertz CT molecular complexity index is 246. The highest BCUT2D eigenvalue weighted by atomic mass is 32.2. The molecule has 1 heterocycles. The van der Waals surface area contributed by atoms with Crippen LogP contribution in [0.5, 0.6) is 0 Å². The average Bonchev–Trinajstić information content (AvgIpc) is 2.23. The molecular formula is C10H18N2O2S. The summed E-state index contributed by atoms with van der Waals surface area (Å²) in [5.74, 6) is 0.835. The topological polar surface area (TPSA) is 49.4 Å². The van der Waals surface area contributed by atoms with Crippen molar-refractivity contribution >= 4 is 23.6 Å².